The van der Waals surface area contributed by atoms with Crippen LogP contribution in [0.1, 0.15) is 52.0 Å². The second-order valence-electron chi connectivity index (χ2n) is 6.28. The van der Waals surface area contributed by atoms with Crippen LogP contribution in [-0.4, -0.2) is 13.1 Å². The Morgan fingerprint density at radius 1 is 1.17 bits per heavy atom. The van der Waals surface area contributed by atoms with E-state index in [1.54, 1.807) is 5.56 Å². The molecule has 2 rings (SSSR count). The van der Waals surface area contributed by atoms with Crippen molar-refractivity contribution >= 4 is 5.69 Å². The summed E-state index contributed by atoms with van der Waals surface area (Å²) in [4.78, 5) is 2.50. The van der Waals surface area contributed by atoms with Crippen LogP contribution >= 0.6 is 0 Å². The molecule has 0 aliphatic carbocycles. The Balaban J connectivity index is 2.32. The zero-order chi connectivity index (χ0) is 13.3. The van der Waals surface area contributed by atoms with Crippen LogP contribution in [0.3, 0.4) is 0 Å². The summed E-state index contributed by atoms with van der Waals surface area (Å²) in [7, 11) is 2.26. The van der Waals surface area contributed by atoms with Crippen LogP contribution in [0.2, 0.25) is 0 Å². The molecule has 1 aliphatic rings. The van der Waals surface area contributed by atoms with Crippen molar-refractivity contribution in [2.45, 2.75) is 52.5 Å². The van der Waals surface area contributed by atoms with E-state index in [2.05, 4.69) is 63.9 Å². The van der Waals surface area contributed by atoms with Crippen molar-refractivity contribution in [1.29, 1.82) is 0 Å². The standard InChI is InChI=1S/C17H27N/c1-6-15-17(13(4)11-12(2)3)14-9-7-8-10-16(14)18(15)5/h7-10,12-13,15,17H,6,11H2,1-5H3/t13-,15+,17+/m1/s1. The maximum absolute atomic E-state index is 2.50. The Hall–Kier alpha value is -0.980. The molecule has 1 heterocycles. The topological polar surface area (TPSA) is 3.24 Å². The first-order chi connectivity index (χ1) is 8.56. The molecule has 0 bridgehead atoms. The molecule has 1 aliphatic heterocycles. The molecule has 18 heavy (non-hydrogen) atoms. The number of hydrogen-bond acceptors (Lipinski definition) is 1. The molecule has 1 heteroatoms. The van der Waals surface area contributed by atoms with Gasteiger partial charge in [0.1, 0.15) is 0 Å². The summed E-state index contributed by atoms with van der Waals surface area (Å²) in [6, 6.07) is 9.65. The van der Waals surface area contributed by atoms with Crippen LogP contribution in [0.5, 0.6) is 0 Å². The fourth-order valence-electron chi connectivity index (χ4n) is 3.82. The average Bonchev–Trinajstić information content (AvgIpc) is 2.62. The molecular formula is C17H27N. The second-order valence-corrected chi connectivity index (χ2v) is 6.28. The van der Waals surface area contributed by atoms with Gasteiger partial charge in [-0.3, -0.25) is 0 Å². The first-order valence-corrected chi connectivity index (χ1v) is 7.38. The van der Waals surface area contributed by atoms with Crippen LogP contribution in [0.4, 0.5) is 5.69 Å². The summed E-state index contributed by atoms with van der Waals surface area (Å²) in [5.74, 6) is 2.26. The Morgan fingerprint density at radius 3 is 2.44 bits per heavy atom. The molecule has 0 aromatic heterocycles. The lowest BCUT2D eigenvalue weighted by molar-refractivity contribution is 0.338. The molecule has 0 fully saturated rings. The fourth-order valence-corrected chi connectivity index (χ4v) is 3.82. The molecule has 1 aromatic rings. The van der Waals surface area contributed by atoms with Crippen LogP contribution in [0, 0.1) is 11.8 Å². The van der Waals surface area contributed by atoms with Gasteiger partial charge in [-0.15, -0.1) is 0 Å². The summed E-state index contributed by atoms with van der Waals surface area (Å²) in [6.07, 6.45) is 2.56. The van der Waals surface area contributed by atoms with E-state index in [1.807, 2.05) is 0 Å². The highest BCUT2D eigenvalue weighted by Crippen LogP contribution is 2.46. The molecule has 0 amide bonds. The molecule has 3 atom stereocenters. The van der Waals surface area contributed by atoms with Gasteiger partial charge in [0.05, 0.1) is 0 Å². The van der Waals surface area contributed by atoms with Gasteiger partial charge in [0, 0.05) is 24.7 Å². The largest absolute Gasteiger partial charge is 0.371 e. The van der Waals surface area contributed by atoms with Gasteiger partial charge in [0.15, 0.2) is 0 Å². The van der Waals surface area contributed by atoms with Gasteiger partial charge in [-0.2, -0.15) is 0 Å². The lowest BCUT2D eigenvalue weighted by Crippen LogP contribution is -2.32. The van der Waals surface area contributed by atoms with Crippen LogP contribution in [0.25, 0.3) is 0 Å². The van der Waals surface area contributed by atoms with Crippen LogP contribution in [0.15, 0.2) is 24.3 Å². The quantitative estimate of drug-likeness (QED) is 0.744. The first kappa shape index (κ1) is 13.5. The predicted octanol–water partition coefficient (Wildman–Crippen LogP) is 4.68. The third-order valence-corrected chi connectivity index (χ3v) is 4.46. The molecule has 0 radical (unpaired) electrons. The van der Waals surface area contributed by atoms with Crippen molar-refractivity contribution < 1.29 is 0 Å². The van der Waals surface area contributed by atoms with E-state index in [1.165, 1.54) is 18.5 Å². The van der Waals surface area contributed by atoms with E-state index in [0.717, 1.165) is 11.8 Å². The maximum atomic E-state index is 2.50. The SMILES string of the molecule is CC[C@H]1[C@@H]([C@H](C)CC(C)C)c2ccccc2N1C. The van der Waals surface area contributed by atoms with Gasteiger partial charge in [-0.25, -0.2) is 0 Å². The summed E-state index contributed by atoms with van der Waals surface area (Å²) >= 11 is 0. The number of fused-ring (bicyclic) bond motifs is 1. The Morgan fingerprint density at radius 2 is 1.83 bits per heavy atom. The lowest BCUT2D eigenvalue weighted by Gasteiger charge is -2.30. The third kappa shape index (κ3) is 2.28. The minimum Gasteiger partial charge on any atom is -0.371 e. The van der Waals surface area contributed by atoms with Crippen molar-refractivity contribution in [3.63, 3.8) is 0 Å². The molecule has 0 unspecified atom stereocenters. The number of nitrogens with zero attached hydrogens (tertiary/aromatic N) is 1. The molecule has 0 saturated heterocycles. The van der Waals surface area contributed by atoms with E-state index >= 15 is 0 Å². The third-order valence-electron chi connectivity index (χ3n) is 4.46. The number of benzene rings is 1. The smallest absolute Gasteiger partial charge is 0.0402 e. The minimum atomic E-state index is 0.677. The highest BCUT2D eigenvalue weighted by Gasteiger charge is 2.38. The van der Waals surface area contributed by atoms with Crippen molar-refractivity contribution in [2.24, 2.45) is 11.8 Å². The number of likely N-dealkylation sites (N-methyl/N-ethyl adjacent to an activating group) is 1. The Bertz CT molecular complexity index is 396. The van der Waals surface area contributed by atoms with E-state index in [4.69, 9.17) is 0 Å². The Kier molecular flexibility index (Phi) is 3.99. The number of rotatable bonds is 4. The maximum Gasteiger partial charge on any atom is 0.0402 e. The van der Waals surface area contributed by atoms with E-state index < -0.39 is 0 Å². The highest BCUT2D eigenvalue weighted by molar-refractivity contribution is 5.61. The number of anilines is 1. The second kappa shape index (κ2) is 5.34. The molecule has 0 N–H and O–H groups in total. The zero-order valence-corrected chi connectivity index (χ0v) is 12.5. The molecule has 100 valence electrons. The normalized spacial score (nSPS) is 24.4. The van der Waals surface area contributed by atoms with Crippen LogP contribution in [-0.2, 0) is 0 Å². The number of para-hydroxylation sites is 1. The van der Waals surface area contributed by atoms with Crippen molar-refractivity contribution in [3.05, 3.63) is 29.8 Å². The summed E-state index contributed by atoms with van der Waals surface area (Å²) in [5, 5.41) is 0. The van der Waals surface area contributed by atoms with E-state index in [0.29, 0.717) is 12.0 Å². The van der Waals surface area contributed by atoms with E-state index in [-0.39, 0.29) is 0 Å². The molecule has 1 aromatic carbocycles. The van der Waals surface area contributed by atoms with Gasteiger partial charge in [-0.1, -0.05) is 45.9 Å². The van der Waals surface area contributed by atoms with Gasteiger partial charge in [0.25, 0.3) is 0 Å². The van der Waals surface area contributed by atoms with Gasteiger partial charge in [0.2, 0.25) is 0 Å². The predicted molar refractivity (Wildman–Crippen MR) is 80.3 cm³/mol. The molecule has 0 spiro atoms. The van der Waals surface area contributed by atoms with Gasteiger partial charge in [-0.05, 0) is 36.3 Å². The first-order valence-electron chi connectivity index (χ1n) is 7.38. The van der Waals surface area contributed by atoms with Gasteiger partial charge < -0.3 is 4.90 Å². The molecule has 0 saturated carbocycles. The van der Waals surface area contributed by atoms with Crippen molar-refractivity contribution in [1.82, 2.24) is 0 Å². The summed E-state index contributed by atoms with van der Waals surface area (Å²) in [6.45, 7) is 9.43. The highest BCUT2D eigenvalue weighted by atomic mass is 15.2. The Labute approximate surface area is 112 Å². The van der Waals surface area contributed by atoms with Crippen LogP contribution < -0.4 is 4.90 Å². The van der Waals surface area contributed by atoms with Crippen molar-refractivity contribution in [2.75, 3.05) is 11.9 Å². The summed E-state index contributed by atoms with van der Waals surface area (Å²) < 4.78 is 0. The molecule has 1 nitrogen and oxygen atoms in total. The monoisotopic (exact) mass is 245 g/mol. The summed E-state index contributed by atoms with van der Waals surface area (Å²) in [5.41, 5.74) is 3.02. The average molecular weight is 245 g/mol. The number of hydrogen-bond donors (Lipinski definition) is 0. The minimum absolute atomic E-state index is 0.677. The lowest BCUT2D eigenvalue weighted by atomic mass is 9.79. The zero-order valence-electron chi connectivity index (χ0n) is 12.5. The molecular weight excluding hydrogens is 218 g/mol. The fraction of sp³-hybridized carbons (Fsp3) is 0.647. The van der Waals surface area contributed by atoms with Gasteiger partial charge >= 0.3 is 0 Å². The van der Waals surface area contributed by atoms with Crippen molar-refractivity contribution in [3.8, 4) is 0 Å². The van der Waals surface area contributed by atoms with E-state index in [9.17, 15) is 0 Å².